The van der Waals surface area contributed by atoms with E-state index in [-0.39, 0.29) is 5.91 Å². The Balaban J connectivity index is 2.25. The first-order chi connectivity index (χ1) is 8.63. The fraction of sp³-hybridized carbons (Fsp3) is 0.538. The molecule has 0 saturated heterocycles. The Labute approximate surface area is 108 Å². The lowest BCUT2D eigenvalue weighted by molar-refractivity contribution is -0.128. The summed E-state index contributed by atoms with van der Waals surface area (Å²) in [6.07, 6.45) is 2.94. The van der Waals surface area contributed by atoms with Crippen molar-refractivity contribution < 1.29 is 9.53 Å². The lowest BCUT2D eigenvalue weighted by atomic mass is 10.3. The van der Waals surface area contributed by atoms with Crippen molar-refractivity contribution in [3.63, 3.8) is 0 Å². The summed E-state index contributed by atoms with van der Waals surface area (Å²) in [6.45, 7) is 1.28. The van der Waals surface area contributed by atoms with Gasteiger partial charge in [0, 0.05) is 27.1 Å². The van der Waals surface area contributed by atoms with Crippen LogP contribution in [0, 0.1) is 0 Å². The average Bonchev–Trinajstić information content (AvgIpc) is 2.36. The van der Waals surface area contributed by atoms with Crippen LogP contribution in [0.4, 0.5) is 0 Å². The number of pyridine rings is 1. The van der Waals surface area contributed by atoms with E-state index in [0.717, 1.165) is 24.4 Å². The third-order valence-corrected chi connectivity index (χ3v) is 2.46. The van der Waals surface area contributed by atoms with Crippen molar-refractivity contribution in [2.24, 2.45) is 0 Å². The smallest absolute Gasteiger partial charge is 0.222 e. The summed E-state index contributed by atoms with van der Waals surface area (Å²) >= 11 is 0. The number of hydrogen-bond donors (Lipinski definition) is 1. The van der Waals surface area contributed by atoms with Gasteiger partial charge in [-0.2, -0.15) is 0 Å². The summed E-state index contributed by atoms with van der Waals surface area (Å²) < 4.78 is 5.52. The van der Waals surface area contributed by atoms with Gasteiger partial charge in [0.2, 0.25) is 5.91 Å². The van der Waals surface area contributed by atoms with Crippen LogP contribution in [0.1, 0.15) is 18.5 Å². The lowest BCUT2D eigenvalue weighted by Gasteiger charge is -2.10. The highest BCUT2D eigenvalue weighted by molar-refractivity contribution is 5.75. The predicted molar refractivity (Wildman–Crippen MR) is 70.4 cm³/mol. The van der Waals surface area contributed by atoms with Gasteiger partial charge >= 0.3 is 0 Å². The van der Waals surface area contributed by atoms with E-state index < -0.39 is 0 Å². The quantitative estimate of drug-likeness (QED) is 0.736. The van der Waals surface area contributed by atoms with E-state index in [1.807, 2.05) is 19.2 Å². The van der Waals surface area contributed by atoms with E-state index in [9.17, 15) is 4.79 Å². The van der Waals surface area contributed by atoms with E-state index >= 15 is 0 Å². The molecule has 0 bridgehead atoms. The molecular weight excluding hydrogens is 230 g/mol. The zero-order valence-corrected chi connectivity index (χ0v) is 11.3. The van der Waals surface area contributed by atoms with Gasteiger partial charge in [0.25, 0.3) is 0 Å². The van der Waals surface area contributed by atoms with Gasteiger partial charge in [0.05, 0.1) is 18.5 Å². The Bertz CT molecular complexity index is 363. The van der Waals surface area contributed by atoms with Crippen LogP contribution in [0.25, 0.3) is 0 Å². The minimum Gasteiger partial charge on any atom is -0.492 e. The summed E-state index contributed by atoms with van der Waals surface area (Å²) in [7, 11) is 5.40. The van der Waals surface area contributed by atoms with Crippen LogP contribution in [0.2, 0.25) is 0 Å². The van der Waals surface area contributed by atoms with Crippen molar-refractivity contribution in [3.05, 3.63) is 24.0 Å². The van der Waals surface area contributed by atoms with Gasteiger partial charge in [-0.3, -0.25) is 9.78 Å². The van der Waals surface area contributed by atoms with Gasteiger partial charge in [-0.05, 0) is 25.6 Å². The van der Waals surface area contributed by atoms with Gasteiger partial charge in [0.1, 0.15) is 5.75 Å². The fourth-order valence-corrected chi connectivity index (χ4v) is 1.42. The molecule has 1 amide bonds. The van der Waals surface area contributed by atoms with E-state index in [1.165, 1.54) is 0 Å². The molecule has 0 saturated carbocycles. The van der Waals surface area contributed by atoms with Gasteiger partial charge in [-0.25, -0.2) is 0 Å². The molecule has 1 aromatic heterocycles. The molecular formula is C13H21N3O2. The predicted octanol–water partition coefficient (Wildman–Crippen LogP) is 1.05. The Morgan fingerprint density at radius 3 is 2.78 bits per heavy atom. The highest BCUT2D eigenvalue weighted by Gasteiger charge is 2.03. The van der Waals surface area contributed by atoms with Crippen molar-refractivity contribution in [2.75, 3.05) is 27.7 Å². The summed E-state index contributed by atoms with van der Waals surface area (Å²) in [6, 6.07) is 3.82. The molecule has 0 atom stereocenters. The molecule has 1 aromatic rings. The van der Waals surface area contributed by atoms with Crippen LogP contribution < -0.4 is 10.1 Å². The number of nitrogens with zero attached hydrogens (tertiary/aromatic N) is 2. The SMILES string of the molecule is CNCc1ccc(OCCCC(=O)N(C)C)cn1. The Morgan fingerprint density at radius 2 is 2.22 bits per heavy atom. The second-order valence-electron chi connectivity index (χ2n) is 4.26. The summed E-state index contributed by atoms with van der Waals surface area (Å²) in [5, 5.41) is 3.03. The number of aromatic nitrogens is 1. The summed E-state index contributed by atoms with van der Waals surface area (Å²) in [5.74, 6) is 0.869. The van der Waals surface area contributed by atoms with E-state index in [2.05, 4.69) is 10.3 Å². The Kier molecular flexibility index (Phi) is 6.14. The number of rotatable bonds is 7. The van der Waals surface area contributed by atoms with Crippen LogP contribution in [-0.2, 0) is 11.3 Å². The molecule has 0 radical (unpaired) electrons. The van der Waals surface area contributed by atoms with Gasteiger partial charge in [0.15, 0.2) is 0 Å². The van der Waals surface area contributed by atoms with Crippen molar-refractivity contribution in [2.45, 2.75) is 19.4 Å². The molecule has 0 aliphatic carbocycles. The highest BCUT2D eigenvalue weighted by atomic mass is 16.5. The molecule has 0 aliphatic rings. The molecule has 18 heavy (non-hydrogen) atoms. The molecule has 0 aromatic carbocycles. The van der Waals surface area contributed by atoms with E-state index in [1.54, 1.807) is 25.2 Å². The van der Waals surface area contributed by atoms with Crippen molar-refractivity contribution in [1.29, 1.82) is 0 Å². The molecule has 0 unspecified atom stereocenters. The summed E-state index contributed by atoms with van der Waals surface area (Å²) in [4.78, 5) is 17.2. The molecule has 0 spiro atoms. The molecule has 0 aliphatic heterocycles. The molecule has 100 valence electrons. The van der Waals surface area contributed by atoms with Crippen LogP contribution in [0.15, 0.2) is 18.3 Å². The maximum absolute atomic E-state index is 11.3. The molecule has 1 N–H and O–H groups in total. The first kappa shape index (κ1) is 14.4. The monoisotopic (exact) mass is 251 g/mol. The summed E-state index contributed by atoms with van der Waals surface area (Å²) in [5.41, 5.74) is 0.979. The number of carbonyl (C=O) groups is 1. The third kappa shape index (κ3) is 5.14. The maximum Gasteiger partial charge on any atom is 0.222 e. The zero-order valence-electron chi connectivity index (χ0n) is 11.3. The van der Waals surface area contributed by atoms with E-state index in [4.69, 9.17) is 4.74 Å². The molecule has 1 heterocycles. The van der Waals surface area contributed by atoms with Crippen LogP contribution in [0.3, 0.4) is 0 Å². The van der Waals surface area contributed by atoms with Gasteiger partial charge < -0.3 is 15.0 Å². The number of ether oxygens (including phenoxy) is 1. The molecule has 5 nitrogen and oxygen atoms in total. The maximum atomic E-state index is 11.3. The third-order valence-electron chi connectivity index (χ3n) is 2.46. The minimum absolute atomic E-state index is 0.126. The number of hydrogen-bond acceptors (Lipinski definition) is 4. The largest absolute Gasteiger partial charge is 0.492 e. The number of carbonyl (C=O) groups excluding carboxylic acids is 1. The van der Waals surface area contributed by atoms with Crippen LogP contribution >= 0.6 is 0 Å². The average molecular weight is 251 g/mol. The Morgan fingerprint density at radius 1 is 1.44 bits per heavy atom. The number of amides is 1. The van der Waals surface area contributed by atoms with Crippen molar-refractivity contribution >= 4 is 5.91 Å². The lowest BCUT2D eigenvalue weighted by Crippen LogP contribution is -2.21. The Hall–Kier alpha value is -1.62. The molecule has 0 fully saturated rings. The first-order valence-electron chi connectivity index (χ1n) is 6.06. The molecule has 1 rings (SSSR count). The first-order valence-corrected chi connectivity index (χ1v) is 6.06. The van der Waals surface area contributed by atoms with Crippen molar-refractivity contribution in [3.8, 4) is 5.75 Å². The number of nitrogens with one attached hydrogen (secondary N) is 1. The second-order valence-corrected chi connectivity index (χ2v) is 4.26. The van der Waals surface area contributed by atoms with E-state index in [0.29, 0.717) is 13.0 Å². The topological polar surface area (TPSA) is 54.5 Å². The highest BCUT2D eigenvalue weighted by Crippen LogP contribution is 2.09. The second kappa shape index (κ2) is 7.66. The van der Waals surface area contributed by atoms with Gasteiger partial charge in [-0.1, -0.05) is 0 Å². The van der Waals surface area contributed by atoms with Crippen molar-refractivity contribution in [1.82, 2.24) is 15.2 Å². The fourth-order valence-electron chi connectivity index (χ4n) is 1.42. The molecule has 5 heteroatoms. The zero-order chi connectivity index (χ0) is 13.4. The van der Waals surface area contributed by atoms with Crippen LogP contribution in [0.5, 0.6) is 5.75 Å². The van der Waals surface area contributed by atoms with Crippen LogP contribution in [-0.4, -0.2) is 43.5 Å². The normalized spacial score (nSPS) is 10.2. The standard InChI is InChI=1S/C13H21N3O2/c1-14-9-11-6-7-12(10-15-11)18-8-4-5-13(17)16(2)3/h6-7,10,14H,4-5,8-9H2,1-3H3. The minimum atomic E-state index is 0.126. The van der Waals surface area contributed by atoms with Gasteiger partial charge in [-0.15, -0.1) is 0 Å².